The third-order valence-corrected chi connectivity index (χ3v) is 0.810. The molecule has 0 saturated heterocycles. The molecule has 0 amide bonds. The summed E-state index contributed by atoms with van der Waals surface area (Å²) in [4.78, 5) is 10.7. The summed E-state index contributed by atoms with van der Waals surface area (Å²) in [5, 5.41) is 14.6. The molecule has 0 aromatic heterocycles. The Morgan fingerprint density at radius 2 is 2.64 bits per heavy atom. The Hall–Kier alpha value is -0.610. The average Bonchev–Trinajstić information content (AvgIpc) is 2.21. The van der Waals surface area contributed by atoms with Gasteiger partial charge in [0.25, 0.3) is 0 Å². The molecular formula is C7H15NO3. The second-order valence-electron chi connectivity index (χ2n) is 2.29. The average molecular weight is 170 g/mol. The fraction of sp³-hybridized carbons (Fsp3) is 0.857. The van der Waals surface area contributed by atoms with Crippen molar-refractivity contribution < 1.29 is 30.5 Å². The van der Waals surface area contributed by atoms with Crippen LogP contribution >= 0.6 is 0 Å². The molecular weight excluding hydrogens is 146 g/mol. The molecule has 4 nitrogen and oxygen atoms in total. The van der Waals surface area contributed by atoms with Crippen molar-refractivity contribution in [3.05, 3.63) is 0 Å². The van der Waals surface area contributed by atoms with Gasteiger partial charge < -0.3 is 19.5 Å². The number of quaternary nitrogens is 1. The quantitative estimate of drug-likeness (QED) is 0.495. The number of carboxylic acids is 1. The van der Waals surface area contributed by atoms with Crippen LogP contribution in [0.15, 0.2) is 0 Å². The zero-order chi connectivity index (χ0) is 16.6. The molecule has 0 radical (unpaired) electrons. The number of nitrogens with zero attached hydrogens (tertiary/aromatic N) is 1. The van der Waals surface area contributed by atoms with E-state index >= 15 is 0 Å². The largest absolute Gasteiger partial charge is 0.550 e. The van der Waals surface area contributed by atoms with Gasteiger partial charge in [-0.1, -0.05) is 0 Å². The number of aliphatic hydroxyl groups is 1. The van der Waals surface area contributed by atoms with Gasteiger partial charge in [-0.05, 0) is 0 Å². The SMILES string of the molecule is [2H]O[C@@H](C[N+](C)(C([2H])([2H])[2H])C([2H])([2H])[2H])C([2H])([2H])C(=O)[O-]. The first kappa shape index (κ1) is 2.71. The van der Waals surface area contributed by atoms with E-state index in [2.05, 4.69) is 5.11 Å². The van der Waals surface area contributed by atoms with Gasteiger partial charge in [0.05, 0.1) is 29.2 Å². The maximum atomic E-state index is 10.7. The van der Waals surface area contributed by atoms with Crippen molar-refractivity contribution in [3.8, 4) is 0 Å². The van der Waals surface area contributed by atoms with Gasteiger partial charge >= 0.3 is 0 Å². The highest BCUT2D eigenvalue weighted by Crippen LogP contribution is 1.97. The van der Waals surface area contributed by atoms with Crippen molar-refractivity contribution in [3.63, 3.8) is 0 Å². The van der Waals surface area contributed by atoms with E-state index in [1.807, 2.05) is 0 Å². The number of likely N-dealkylation sites (N-methyl/N-ethyl adjacent to an activating group) is 1. The summed E-state index contributed by atoms with van der Waals surface area (Å²) in [6.07, 6.45) is -5.34. The van der Waals surface area contributed by atoms with Gasteiger partial charge in [0.15, 0.2) is 0 Å². The fourth-order valence-corrected chi connectivity index (χ4v) is 0.509. The van der Waals surface area contributed by atoms with Crippen molar-refractivity contribution >= 4 is 5.97 Å². The first-order valence-electron chi connectivity index (χ1n) is 7.21. The number of aliphatic carboxylic acids is 1. The Morgan fingerprint density at radius 1 is 2.00 bits per heavy atom. The van der Waals surface area contributed by atoms with Crippen molar-refractivity contribution in [2.45, 2.75) is 12.5 Å². The summed E-state index contributed by atoms with van der Waals surface area (Å²) < 4.78 is 63.0. The van der Waals surface area contributed by atoms with E-state index in [1.54, 1.807) is 0 Å². The molecule has 0 aliphatic carbocycles. The molecule has 0 aliphatic heterocycles. The molecule has 1 atom stereocenters. The van der Waals surface area contributed by atoms with Crippen LogP contribution in [0.3, 0.4) is 0 Å². The van der Waals surface area contributed by atoms with Crippen LogP contribution < -0.4 is 5.11 Å². The molecule has 0 fully saturated rings. The predicted octanol–water partition coefficient (Wildman–Crippen LogP) is -1.81. The van der Waals surface area contributed by atoms with Crippen LogP contribution in [0.4, 0.5) is 0 Å². The number of hydrogen-bond donors (Lipinski definition) is 1. The Morgan fingerprint density at radius 3 is 3.00 bits per heavy atom. The van der Waals surface area contributed by atoms with E-state index in [1.165, 1.54) is 0 Å². The maximum absolute atomic E-state index is 10.7. The lowest BCUT2D eigenvalue weighted by Crippen LogP contribution is -2.43. The Labute approximate surface area is 79.4 Å². The van der Waals surface area contributed by atoms with Crippen LogP contribution in [-0.4, -0.2) is 50.6 Å². The molecule has 11 heavy (non-hydrogen) atoms. The zero-order valence-electron chi connectivity index (χ0n) is 15.0. The van der Waals surface area contributed by atoms with Crippen molar-refractivity contribution in [2.75, 3.05) is 27.5 Å². The summed E-state index contributed by atoms with van der Waals surface area (Å²) in [6.45, 7) is -7.26. The molecule has 66 valence electrons. The number of carbonyl (C=O) groups excluding carboxylic acids is 1. The maximum Gasteiger partial charge on any atom is 0.211 e. The van der Waals surface area contributed by atoms with Crippen LogP contribution in [0.2, 0.25) is 0 Å². The number of rotatable bonds is 5. The molecule has 0 rings (SSSR count). The van der Waals surface area contributed by atoms with E-state index in [4.69, 9.17) is 12.4 Å². The third kappa shape index (κ3) is 7.29. The van der Waals surface area contributed by atoms with Crippen LogP contribution in [0.5, 0.6) is 0 Å². The highest BCUT2D eigenvalue weighted by molar-refractivity contribution is 5.64. The zero-order valence-corrected chi connectivity index (χ0v) is 5.96. The number of hydrogen-bond acceptors (Lipinski definition) is 3. The van der Waals surface area contributed by atoms with E-state index in [0.29, 0.717) is 0 Å². The molecule has 0 aromatic rings. The van der Waals surface area contributed by atoms with E-state index < -0.39 is 43.4 Å². The minimum Gasteiger partial charge on any atom is -0.550 e. The lowest BCUT2D eigenvalue weighted by molar-refractivity contribution is -0.873. The van der Waals surface area contributed by atoms with Gasteiger partial charge in [-0.3, -0.25) is 0 Å². The molecule has 0 spiro atoms. The second-order valence-corrected chi connectivity index (χ2v) is 2.29. The predicted molar refractivity (Wildman–Crippen MR) is 38.5 cm³/mol. The van der Waals surface area contributed by atoms with E-state index in [0.717, 1.165) is 7.05 Å². The van der Waals surface area contributed by atoms with Crippen molar-refractivity contribution in [1.29, 1.82) is 1.43 Å². The van der Waals surface area contributed by atoms with Gasteiger partial charge in [0, 0.05) is 15.1 Å². The minimum atomic E-state index is -3.21. The molecule has 0 aromatic carbocycles. The van der Waals surface area contributed by atoms with E-state index in [9.17, 15) is 9.90 Å². The van der Waals surface area contributed by atoms with Crippen molar-refractivity contribution in [1.82, 2.24) is 0 Å². The molecule has 0 unspecified atom stereocenters. The van der Waals surface area contributed by atoms with Gasteiger partial charge in [-0.2, -0.15) is 0 Å². The Bertz CT molecular complexity index is 350. The number of carboxylic acid groups (broad SMARTS) is 1. The summed E-state index contributed by atoms with van der Waals surface area (Å²) in [5.74, 6) is -2.22. The minimum absolute atomic E-state index is 0.789. The molecule has 0 saturated carbocycles. The smallest absolute Gasteiger partial charge is 0.211 e. The topological polar surface area (TPSA) is 60.4 Å². The van der Waals surface area contributed by atoms with Gasteiger partial charge in [-0.25, -0.2) is 0 Å². The summed E-state index contributed by atoms with van der Waals surface area (Å²) >= 11 is 0. The lowest BCUT2D eigenvalue weighted by atomic mass is 10.2. The summed E-state index contributed by atoms with van der Waals surface area (Å²) in [5.41, 5.74) is 0. The summed E-state index contributed by atoms with van der Waals surface area (Å²) in [6, 6.07) is 0. The Kier molecular flexibility index (Phi) is 0.908. The molecule has 0 heterocycles. The standard InChI is InChI=1S/C7H15NO3/c1-8(2,3)5-6(9)4-7(10)11/h6,9H,4-5H2,1-3H3/t6-/m1/s1/i1D3,2D3,4D2,9D. The number of carbonyl (C=O) groups is 1. The van der Waals surface area contributed by atoms with Crippen LogP contribution in [-0.2, 0) is 4.79 Å². The highest BCUT2D eigenvalue weighted by Gasteiger charge is 2.14. The molecule has 4 heteroatoms. The Balaban J connectivity index is 5.65. The van der Waals surface area contributed by atoms with Crippen LogP contribution in [0.1, 0.15) is 17.3 Å². The van der Waals surface area contributed by atoms with Crippen LogP contribution in [0, 0.1) is 0 Å². The first-order valence-corrected chi connectivity index (χ1v) is 2.80. The van der Waals surface area contributed by atoms with Gasteiger partial charge in [0.1, 0.15) is 12.6 Å². The normalized spacial score (nSPS) is 30.1. The van der Waals surface area contributed by atoms with E-state index in [-0.39, 0.29) is 0 Å². The number of aliphatic hydroxyl groups excluding tert-OH is 1. The van der Waals surface area contributed by atoms with Gasteiger partial charge in [0.2, 0.25) is 1.43 Å². The van der Waals surface area contributed by atoms with Crippen molar-refractivity contribution in [2.24, 2.45) is 0 Å². The highest BCUT2D eigenvalue weighted by atomic mass is 16.4. The lowest BCUT2D eigenvalue weighted by Gasteiger charge is -2.26. The van der Waals surface area contributed by atoms with Crippen LogP contribution in [0.25, 0.3) is 0 Å². The molecule has 0 bridgehead atoms. The van der Waals surface area contributed by atoms with Gasteiger partial charge in [-0.15, -0.1) is 0 Å². The second kappa shape index (κ2) is 3.69. The first-order chi connectivity index (χ1) is 8.61. The monoisotopic (exact) mass is 170 g/mol. The third-order valence-electron chi connectivity index (χ3n) is 0.810. The molecule has 1 N–H and O–H groups in total. The fourth-order valence-electron chi connectivity index (χ4n) is 0.509. The summed E-state index contributed by atoms with van der Waals surface area (Å²) in [7, 11) is 0.789. The molecule has 0 aliphatic rings.